The summed E-state index contributed by atoms with van der Waals surface area (Å²) >= 11 is 11.3. The van der Waals surface area contributed by atoms with E-state index in [2.05, 4.69) is 0 Å². The van der Waals surface area contributed by atoms with E-state index >= 15 is 0 Å². The summed E-state index contributed by atoms with van der Waals surface area (Å²) in [6.07, 6.45) is 3.55. The fourth-order valence-electron chi connectivity index (χ4n) is 1.98. The molecular weight excluding hydrogens is 249 g/mol. The zero-order valence-corrected chi connectivity index (χ0v) is 11.2. The van der Waals surface area contributed by atoms with Crippen LogP contribution in [-0.4, -0.2) is 48.4 Å². The second-order valence-electron chi connectivity index (χ2n) is 4.18. The highest BCUT2D eigenvalue weighted by Gasteiger charge is 2.39. The lowest BCUT2D eigenvalue weighted by Gasteiger charge is -2.41. The average Bonchev–Trinajstić information content (AvgIpc) is 2.23. The maximum atomic E-state index is 12.0. The third-order valence-electron chi connectivity index (χ3n) is 3.23. The number of nitrogens with zero attached hydrogens (tertiary/aromatic N) is 1. The van der Waals surface area contributed by atoms with Crippen LogP contribution in [0, 0.1) is 0 Å². The van der Waals surface area contributed by atoms with Gasteiger partial charge in [0.05, 0.1) is 12.0 Å². The molecule has 0 aromatic carbocycles. The van der Waals surface area contributed by atoms with Crippen molar-refractivity contribution in [2.24, 2.45) is 0 Å². The van der Waals surface area contributed by atoms with E-state index in [1.54, 1.807) is 12.0 Å². The fraction of sp³-hybridized carbons (Fsp3) is 0.909. The number of hydrogen-bond acceptors (Lipinski definition) is 2. The second kappa shape index (κ2) is 6.67. The van der Waals surface area contributed by atoms with Crippen LogP contribution < -0.4 is 0 Å². The number of carbonyl (C=O) groups excluding carboxylic acids is 1. The Bertz CT molecular complexity index is 221. The molecule has 0 radical (unpaired) electrons. The molecule has 1 aliphatic rings. The van der Waals surface area contributed by atoms with Gasteiger partial charge in [0, 0.05) is 32.0 Å². The number of methoxy groups -OCH3 is 1. The van der Waals surface area contributed by atoms with Crippen molar-refractivity contribution in [3.05, 3.63) is 0 Å². The van der Waals surface area contributed by atoms with E-state index in [0.29, 0.717) is 31.3 Å². The van der Waals surface area contributed by atoms with E-state index in [0.717, 1.165) is 19.3 Å². The minimum Gasteiger partial charge on any atom is -0.378 e. The van der Waals surface area contributed by atoms with Gasteiger partial charge >= 0.3 is 0 Å². The van der Waals surface area contributed by atoms with Crippen LogP contribution in [0.4, 0.5) is 0 Å². The summed E-state index contributed by atoms with van der Waals surface area (Å²) in [6.45, 7) is 1.12. The van der Waals surface area contributed by atoms with Gasteiger partial charge in [-0.15, -0.1) is 23.2 Å². The maximum Gasteiger partial charge on any atom is 0.225 e. The third kappa shape index (κ3) is 3.51. The first-order valence-corrected chi connectivity index (χ1v) is 6.69. The molecule has 0 saturated heterocycles. The molecule has 1 rings (SSSR count). The van der Waals surface area contributed by atoms with E-state index in [-0.39, 0.29) is 11.5 Å². The molecule has 1 saturated carbocycles. The van der Waals surface area contributed by atoms with Crippen molar-refractivity contribution in [3.8, 4) is 0 Å². The molecule has 1 amide bonds. The summed E-state index contributed by atoms with van der Waals surface area (Å²) in [5.74, 6) is 0.994. The highest BCUT2D eigenvalue weighted by molar-refractivity contribution is 6.18. The molecule has 16 heavy (non-hydrogen) atoms. The van der Waals surface area contributed by atoms with Crippen molar-refractivity contribution in [1.82, 2.24) is 4.90 Å². The summed E-state index contributed by atoms with van der Waals surface area (Å²) in [4.78, 5) is 13.7. The zero-order valence-electron chi connectivity index (χ0n) is 9.68. The molecule has 94 valence electrons. The van der Waals surface area contributed by atoms with Gasteiger partial charge in [-0.3, -0.25) is 4.79 Å². The Morgan fingerprint density at radius 2 is 1.88 bits per heavy atom. The predicted molar refractivity (Wildman–Crippen MR) is 66.2 cm³/mol. The summed E-state index contributed by atoms with van der Waals surface area (Å²) in [5, 5.41) is 0. The van der Waals surface area contributed by atoms with Crippen molar-refractivity contribution in [3.63, 3.8) is 0 Å². The van der Waals surface area contributed by atoms with E-state index < -0.39 is 0 Å². The van der Waals surface area contributed by atoms with Crippen LogP contribution in [0.2, 0.25) is 0 Å². The Hall–Kier alpha value is 0.01000. The molecule has 0 spiro atoms. The molecule has 0 bridgehead atoms. The predicted octanol–water partition coefficient (Wildman–Crippen LogP) is 2.25. The van der Waals surface area contributed by atoms with Crippen LogP contribution in [0.1, 0.15) is 25.7 Å². The van der Waals surface area contributed by atoms with Gasteiger partial charge in [0.15, 0.2) is 0 Å². The summed E-state index contributed by atoms with van der Waals surface area (Å²) < 4.78 is 5.44. The van der Waals surface area contributed by atoms with Gasteiger partial charge < -0.3 is 9.64 Å². The van der Waals surface area contributed by atoms with Crippen LogP contribution in [0.3, 0.4) is 0 Å². The number of halogens is 2. The summed E-state index contributed by atoms with van der Waals surface area (Å²) in [6, 6.07) is 0. The van der Waals surface area contributed by atoms with E-state index in [1.165, 1.54) is 0 Å². The smallest absolute Gasteiger partial charge is 0.225 e. The van der Waals surface area contributed by atoms with Crippen molar-refractivity contribution >= 4 is 29.1 Å². The van der Waals surface area contributed by atoms with Gasteiger partial charge in [0.25, 0.3) is 0 Å². The lowest BCUT2D eigenvalue weighted by atomic mass is 9.77. The second-order valence-corrected chi connectivity index (χ2v) is 4.93. The minimum atomic E-state index is -0.214. The Labute approximate surface area is 107 Å². The molecule has 0 N–H and O–H groups in total. The normalized spacial score (nSPS) is 17.9. The Morgan fingerprint density at radius 3 is 2.19 bits per heavy atom. The molecule has 1 aliphatic carbocycles. The average molecular weight is 268 g/mol. The van der Waals surface area contributed by atoms with Gasteiger partial charge in [0.2, 0.25) is 5.91 Å². The lowest BCUT2D eigenvalue weighted by molar-refractivity contribution is -0.143. The van der Waals surface area contributed by atoms with E-state index in [4.69, 9.17) is 27.9 Å². The maximum absolute atomic E-state index is 12.0. The first-order valence-electron chi connectivity index (χ1n) is 5.62. The molecule has 5 heteroatoms. The van der Waals surface area contributed by atoms with Crippen LogP contribution in [0.15, 0.2) is 0 Å². The van der Waals surface area contributed by atoms with Crippen LogP contribution >= 0.6 is 23.2 Å². The zero-order chi connectivity index (χ0) is 12.0. The minimum absolute atomic E-state index is 0.0999. The Morgan fingerprint density at radius 1 is 1.31 bits per heavy atom. The van der Waals surface area contributed by atoms with Crippen molar-refractivity contribution < 1.29 is 9.53 Å². The van der Waals surface area contributed by atoms with Crippen LogP contribution in [0.25, 0.3) is 0 Å². The standard InChI is InChI=1S/C11H19Cl2NO2/c1-16-11(3-2-4-11)9-10(15)14(7-5-12)8-6-13/h2-9H2,1H3. The fourth-order valence-corrected chi connectivity index (χ4v) is 2.38. The topological polar surface area (TPSA) is 29.5 Å². The van der Waals surface area contributed by atoms with Gasteiger partial charge in [-0.2, -0.15) is 0 Å². The lowest BCUT2D eigenvalue weighted by Crippen LogP contribution is -2.46. The van der Waals surface area contributed by atoms with Gasteiger partial charge in [-0.05, 0) is 19.3 Å². The highest BCUT2D eigenvalue weighted by Crippen LogP contribution is 2.38. The molecule has 1 fully saturated rings. The number of alkyl halides is 2. The monoisotopic (exact) mass is 267 g/mol. The van der Waals surface area contributed by atoms with Gasteiger partial charge in [-0.1, -0.05) is 0 Å². The third-order valence-corrected chi connectivity index (χ3v) is 3.57. The molecule has 0 heterocycles. The Balaban J connectivity index is 2.47. The molecular formula is C11H19Cl2NO2. The number of carbonyl (C=O) groups is 1. The van der Waals surface area contributed by atoms with Crippen molar-refractivity contribution in [2.45, 2.75) is 31.3 Å². The van der Waals surface area contributed by atoms with Crippen LogP contribution in [-0.2, 0) is 9.53 Å². The molecule has 0 aromatic rings. The first kappa shape index (κ1) is 14.1. The van der Waals surface area contributed by atoms with E-state index in [9.17, 15) is 4.79 Å². The van der Waals surface area contributed by atoms with Crippen LogP contribution in [0.5, 0.6) is 0 Å². The van der Waals surface area contributed by atoms with Crippen molar-refractivity contribution in [1.29, 1.82) is 0 Å². The summed E-state index contributed by atoms with van der Waals surface area (Å²) in [7, 11) is 1.68. The molecule has 3 nitrogen and oxygen atoms in total. The largest absolute Gasteiger partial charge is 0.378 e. The number of amides is 1. The quantitative estimate of drug-likeness (QED) is 0.663. The van der Waals surface area contributed by atoms with Gasteiger partial charge in [0.1, 0.15) is 0 Å². The first-order chi connectivity index (χ1) is 7.67. The SMILES string of the molecule is COC1(CC(=O)N(CCCl)CCCl)CCC1. The molecule has 0 aromatic heterocycles. The number of ether oxygens (including phenoxy) is 1. The van der Waals surface area contributed by atoms with Gasteiger partial charge in [-0.25, -0.2) is 0 Å². The molecule has 0 aliphatic heterocycles. The molecule has 0 atom stereocenters. The summed E-state index contributed by atoms with van der Waals surface area (Å²) in [5.41, 5.74) is -0.214. The van der Waals surface area contributed by atoms with Crippen molar-refractivity contribution in [2.75, 3.05) is 32.0 Å². The number of hydrogen-bond donors (Lipinski definition) is 0. The highest BCUT2D eigenvalue weighted by atomic mass is 35.5. The molecule has 0 unspecified atom stereocenters. The number of rotatable bonds is 7. The Kier molecular flexibility index (Phi) is 5.87. The van der Waals surface area contributed by atoms with E-state index in [1.807, 2.05) is 0 Å².